The number of hydrogen-bond donors (Lipinski definition) is 2. The van der Waals surface area contributed by atoms with Crippen LogP contribution in [0.1, 0.15) is 13.8 Å². The Morgan fingerprint density at radius 2 is 2.08 bits per heavy atom. The summed E-state index contributed by atoms with van der Waals surface area (Å²) >= 11 is 0. The minimum atomic E-state index is 0.356. The van der Waals surface area contributed by atoms with Gasteiger partial charge in [0.15, 0.2) is 0 Å². The van der Waals surface area contributed by atoms with Crippen molar-refractivity contribution in [2.75, 3.05) is 0 Å². The molecule has 0 amide bonds. The SMILES string of the molecule is CC1=CC2=CC(C=C1C)[NH+]=CN2. The van der Waals surface area contributed by atoms with Crippen LogP contribution in [0.15, 0.2) is 35.1 Å². The average molecular weight is 161 g/mol. The average Bonchev–Trinajstić information content (AvgIpc) is 2.11. The number of allylic oxidation sites excluding steroid dienone is 3. The van der Waals surface area contributed by atoms with Gasteiger partial charge in [-0.3, -0.25) is 4.99 Å². The van der Waals surface area contributed by atoms with Crippen molar-refractivity contribution in [3.05, 3.63) is 35.1 Å². The van der Waals surface area contributed by atoms with Crippen LogP contribution in [0.2, 0.25) is 0 Å². The van der Waals surface area contributed by atoms with Crippen LogP contribution >= 0.6 is 0 Å². The van der Waals surface area contributed by atoms with Gasteiger partial charge in [-0.1, -0.05) is 0 Å². The zero-order valence-electron chi connectivity index (χ0n) is 7.39. The molecule has 2 bridgehead atoms. The summed E-state index contributed by atoms with van der Waals surface area (Å²) in [6.45, 7) is 4.28. The van der Waals surface area contributed by atoms with Crippen LogP contribution in [-0.2, 0) is 0 Å². The van der Waals surface area contributed by atoms with Crippen molar-refractivity contribution in [1.82, 2.24) is 5.32 Å². The molecular formula is C10H13N2+. The fraction of sp³-hybridized carbons (Fsp3) is 0.300. The predicted octanol–water partition coefficient (Wildman–Crippen LogP) is -0.143. The molecule has 0 aromatic rings. The Labute approximate surface area is 72.4 Å². The molecule has 1 aliphatic carbocycles. The maximum atomic E-state index is 3.22. The predicted molar refractivity (Wildman–Crippen MR) is 49.5 cm³/mol. The Morgan fingerprint density at radius 1 is 1.25 bits per heavy atom. The Morgan fingerprint density at radius 3 is 2.92 bits per heavy atom. The zero-order chi connectivity index (χ0) is 8.55. The van der Waals surface area contributed by atoms with E-state index in [1.807, 2.05) is 6.34 Å². The first-order chi connectivity index (χ1) is 5.75. The molecule has 0 saturated heterocycles. The topological polar surface area (TPSA) is 26.0 Å². The number of hydrogen-bond acceptors (Lipinski definition) is 1. The highest BCUT2D eigenvalue weighted by molar-refractivity contribution is 5.56. The lowest BCUT2D eigenvalue weighted by Gasteiger charge is -2.03. The molecule has 0 aromatic heterocycles. The molecule has 1 unspecified atom stereocenters. The molecule has 0 spiro atoms. The van der Waals surface area contributed by atoms with Gasteiger partial charge in [0, 0.05) is 6.08 Å². The first-order valence-electron chi connectivity index (χ1n) is 4.19. The van der Waals surface area contributed by atoms with Crippen LogP contribution in [0, 0.1) is 0 Å². The molecule has 2 N–H and O–H groups in total. The summed E-state index contributed by atoms with van der Waals surface area (Å²) in [6.07, 6.45) is 8.47. The van der Waals surface area contributed by atoms with E-state index in [1.54, 1.807) is 0 Å². The minimum absolute atomic E-state index is 0.356. The fourth-order valence-corrected chi connectivity index (χ4v) is 1.44. The Bertz CT molecular complexity index is 319. The van der Waals surface area contributed by atoms with E-state index in [9.17, 15) is 0 Å². The third-order valence-electron chi connectivity index (χ3n) is 2.30. The molecular weight excluding hydrogens is 148 g/mol. The summed E-state index contributed by atoms with van der Waals surface area (Å²) in [7, 11) is 0. The second kappa shape index (κ2) is 2.63. The lowest BCUT2D eigenvalue weighted by atomic mass is 10.1. The molecule has 1 aliphatic heterocycles. The van der Waals surface area contributed by atoms with Gasteiger partial charge in [0.2, 0.25) is 6.34 Å². The van der Waals surface area contributed by atoms with Gasteiger partial charge in [-0.2, -0.15) is 0 Å². The van der Waals surface area contributed by atoms with Crippen LogP contribution < -0.4 is 10.3 Å². The second-order valence-corrected chi connectivity index (χ2v) is 3.28. The molecule has 0 fully saturated rings. The van der Waals surface area contributed by atoms with Gasteiger partial charge in [-0.05, 0) is 37.1 Å². The van der Waals surface area contributed by atoms with Crippen molar-refractivity contribution in [1.29, 1.82) is 0 Å². The van der Waals surface area contributed by atoms with Gasteiger partial charge in [0.05, 0.1) is 0 Å². The summed E-state index contributed by atoms with van der Waals surface area (Å²) in [5.41, 5.74) is 3.86. The first kappa shape index (κ1) is 7.35. The van der Waals surface area contributed by atoms with Crippen molar-refractivity contribution in [2.24, 2.45) is 0 Å². The standard InChI is InChI=1S/C10H12N2/c1-7-3-9-5-10(4-8(7)2)12-6-11-9/h3-6,9H,1-2H3,(H,11,12)/p+1. The van der Waals surface area contributed by atoms with Crippen LogP contribution in [-0.4, -0.2) is 12.4 Å². The van der Waals surface area contributed by atoms with Crippen molar-refractivity contribution in [2.45, 2.75) is 19.9 Å². The highest BCUT2D eigenvalue weighted by Crippen LogP contribution is 2.15. The number of fused-ring (bicyclic) bond motifs is 1. The van der Waals surface area contributed by atoms with E-state index in [1.165, 1.54) is 16.8 Å². The first-order valence-corrected chi connectivity index (χ1v) is 4.19. The fourth-order valence-electron chi connectivity index (χ4n) is 1.44. The van der Waals surface area contributed by atoms with E-state index >= 15 is 0 Å². The maximum Gasteiger partial charge on any atom is 0.235 e. The third-order valence-corrected chi connectivity index (χ3v) is 2.30. The number of nitrogens with one attached hydrogen (secondary N) is 2. The van der Waals surface area contributed by atoms with Gasteiger partial charge in [-0.15, -0.1) is 0 Å². The molecule has 12 heavy (non-hydrogen) atoms. The largest absolute Gasteiger partial charge is 0.271 e. The lowest BCUT2D eigenvalue weighted by Crippen LogP contribution is -2.78. The van der Waals surface area contributed by atoms with Crippen LogP contribution in [0.4, 0.5) is 0 Å². The van der Waals surface area contributed by atoms with Gasteiger partial charge in [-0.25, -0.2) is 5.32 Å². The van der Waals surface area contributed by atoms with Crippen LogP contribution in [0.5, 0.6) is 0 Å². The molecule has 1 atom stereocenters. The molecule has 2 nitrogen and oxygen atoms in total. The molecule has 0 saturated carbocycles. The second-order valence-electron chi connectivity index (χ2n) is 3.28. The molecule has 2 heteroatoms. The Balaban J connectivity index is 2.43. The van der Waals surface area contributed by atoms with Gasteiger partial charge >= 0.3 is 0 Å². The molecule has 2 rings (SSSR count). The van der Waals surface area contributed by atoms with Crippen molar-refractivity contribution >= 4 is 6.34 Å². The van der Waals surface area contributed by atoms with Crippen LogP contribution in [0.25, 0.3) is 0 Å². The summed E-state index contributed by atoms with van der Waals surface area (Å²) in [5.74, 6) is 0. The quantitative estimate of drug-likeness (QED) is 0.508. The number of rotatable bonds is 0. The van der Waals surface area contributed by atoms with Gasteiger partial charge < -0.3 is 0 Å². The van der Waals surface area contributed by atoms with E-state index in [0.717, 1.165) is 0 Å². The van der Waals surface area contributed by atoms with Gasteiger partial charge in [0.1, 0.15) is 11.7 Å². The van der Waals surface area contributed by atoms with Crippen LogP contribution in [0.3, 0.4) is 0 Å². The van der Waals surface area contributed by atoms with Crippen molar-refractivity contribution in [3.63, 3.8) is 0 Å². The van der Waals surface area contributed by atoms with E-state index in [2.05, 4.69) is 42.4 Å². The highest BCUT2D eigenvalue weighted by Gasteiger charge is 2.14. The van der Waals surface area contributed by atoms with E-state index < -0.39 is 0 Å². The van der Waals surface area contributed by atoms with E-state index in [-0.39, 0.29) is 0 Å². The third kappa shape index (κ3) is 1.20. The molecule has 0 radical (unpaired) electrons. The Kier molecular flexibility index (Phi) is 1.61. The molecule has 62 valence electrons. The molecule has 0 aromatic carbocycles. The van der Waals surface area contributed by atoms with Crippen molar-refractivity contribution in [3.8, 4) is 0 Å². The zero-order valence-corrected chi connectivity index (χ0v) is 7.39. The summed E-state index contributed by atoms with van der Waals surface area (Å²) < 4.78 is 0. The Hall–Kier alpha value is -1.31. The molecule has 2 aliphatic rings. The molecule has 1 heterocycles. The maximum absolute atomic E-state index is 3.22. The summed E-state index contributed by atoms with van der Waals surface area (Å²) in [5, 5.41) is 3.16. The van der Waals surface area contributed by atoms with Gasteiger partial charge in [0.25, 0.3) is 0 Å². The van der Waals surface area contributed by atoms with Crippen molar-refractivity contribution < 1.29 is 4.99 Å². The van der Waals surface area contributed by atoms with E-state index in [4.69, 9.17) is 0 Å². The lowest BCUT2D eigenvalue weighted by molar-refractivity contribution is -0.473. The minimum Gasteiger partial charge on any atom is -0.271 e. The normalized spacial score (nSPS) is 26.5. The smallest absolute Gasteiger partial charge is 0.235 e. The summed E-state index contributed by atoms with van der Waals surface area (Å²) in [6, 6.07) is 0.356. The summed E-state index contributed by atoms with van der Waals surface area (Å²) in [4.78, 5) is 3.22. The van der Waals surface area contributed by atoms with E-state index in [0.29, 0.717) is 6.04 Å². The highest BCUT2D eigenvalue weighted by atomic mass is 15.0. The monoisotopic (exact) mass is 161 g/mol.